The Labute approximate surface area is 133 Å². The maximum Gasteiger partial charge on any atom is 0.268 e. The van der Waals surface area contributed by atoms with Gasteiger partial charge in [-0.2, -0.15) is 0 Å². The van der Waals surface area contributed by atoms with Crippen molar-refractivity contribution in [3.8, 4) is 0 Å². The number of aromatic nitrogens is 2. The first-order valence-corrected chi connectivity index (χ1v) is 8.81. The molecule has 4 heterocycles. The van der Waals surface area contributed by atoms with E-state index >= 15 is 0 Å². The van der Waals surface area contributed by atoms with Crippen LogP contribution in [0.2, 0.25) is 0 Å². The molecule has 0 saturated carbocycles. The van der Waals surface area contributed by atoms with Crippen LogP contribution < -0.4 is 10.9 Å². The SMILES string of the molecule is O=c1[nH]c(CN2CCN(C3CCNC3)CC2)nc2ccsc12. The minimum atomic E-state index is -0.00864. The van der Waals surface area contributed by atoms with E-state index in [4.69, 9.17) is 0 Å². The lowest BCUT2D eigenvalue weighted by molar-refractivity contribution is 0.0965. The molecule has 2 aromatic heterocycles. The molecule has 2 aliphatic heterocycles. The summed E-state index contributed by atoms with van der Waals surface area (Å²) in [5, 5.41) is 5.36. The molecular weight excluding hydrogens is 298 g/mol. The summed E-state index contributed by atoms with van der Waals surface area (Å²) in [5.74, 6) is 0.784. The van der Waals surface area contributed by atoms with E-state index < -0.39 is 0 Å². The van der Waals surface area contributed by atoms with Crippen LogP contribution in [0.4, 0.5) is 0 Å². The average molecular weight is 319 g/mol. The van der Waals surface area contributed by atoms with Gasteiger partial charge in [0.25, 0.3) is 5.56 Å². The molecule has 7 heteroatoms. The third-order valence-electron chi connectivity index (χ3n) is 4.69. The topological polar surface area (TPSA) is 64.3 Å². The Morgan fingerprint density at radius 2 is 2.18 bits per heavy atom. The summed E-state index contributed by atoms with van der Waals surface area (Å²) in [5.41, 5.74) is 0.810. The van der Waals surface area contributed by atoms with Crippen molar-refractivity contribution in [2.75, 3.05) is 39.3 Å². The van der Waals surface area contributed by atoms with E-state index in [2.05, 4.69) is 25.1 Å². The van der Waals surface area contributed by atoms with Crippen LogP contribution in [-0.2, 0) is 6.54 Å². The Hall–Kier alpha value is -1.28. The van der Waals surface area contributed by atoms with E-state index in [9.17, 15) is 4.79 Å². The van der Waals surface area contributed by atoms with Gasteiger partial charge in [-0.25, -0.2) is 4.98 Å². The number of rotatable bonds is 3. The van der Waals surface area contributed by atoms with Gasteiger partial charge in [-0.15, -0.1) is 11.3 Å². The summed E-state index contributed by atoms with van der Waals surface area (Å²) in [7, 11) is 0. The maximum atomic E-state index is 12.0. The van der Waals surface area contributed by atoms with E-state index in [1.165, 1.54) is 17.8 Å². The molecule has 2 fully saturated rings. The molecule has 118 valence electrons. The van der Waals surface area contributed by atoms with Crippen molar-refractivity contribution in [2.45, 2.75) is 19.0 Å². The van der Waals surface area contributed by atoms with Gasteiger partial charge in [-0.05, 0) is 24.4 Å². The van der Waals surface area contributed by atoms with Crippen molar-refractivity contribution in [1.29, 1.82) is 0 Å². The molecule has 0 bridgehead atoms. The van der Waals surface area contributed by atoms with E-state index in [0.717, 1.165) is 61.9 Å². The zero-order valence-corrected chi connectivity index (χ0v) is 13.4. The molecule has 0 spiro atoms. The molecule has 1 atom stereocenters. The minimum absolute atomic E-state index is 0.00864. The number of piperazine rings is 1. The molecule has 4 rings (SSSR count). The van der Waals surface area contributed by atoms with Crippen LogP contribution in [0.25, 0.3) is 10.2 Å². The minimum Gasteiger partial charge on any atom is -0.315 e. The summed E-state index contributed by atoms with van der Waals surface area (Å²) >= 11 is 1.45. The van der Waals surface area contributed by atoms with Crippen molar-refractivity contribution in [3.05, 3.63) is 27.6 Å². The third-order valence-corrected chi connectivity index (χ3v) is 5.60. The van der Waals surface area contributed by atoms with E-state index in [-0.39, 0.29) is 5.56 Å². The Kier molecular flexibility index (Phi) is 3.96. The molecule has 2 N–H and O–H groups in total. The highest BCUT2D eigenvalue weighted by molar-refractivity contribution is 7.17. The summed E-state index contributed by atoms with van der Waals surface area (Å²) in [6.45, 7) is 7.32. The van der Waals surface area contributed by atoms with Gasteiger partial charge in [-0.1, -0.05) is 0 Å². The van der Waals surface area contributed by atoms with Crippen LogP contribution in [0.15, 0.2) is 16.2 Å². The Balaban J connectivity index is 1.40. The first kappa shape index (κ1) is 14.3. The number of nitrogens with one attached hydrogen (secondary N) is 2. The normalized spacial score (nSPS) is 24.3. The van der Waals surface area contributed by atoms with Gasteiger partial charge in [0.2, 0.25) is 0 Å². The Morgan fingerprint density at radius 1 is 1.32 bits per heavy atom. The van der Waals surface area contributed by atoms with E-state index in [0.29, 0.717) is 6.04 Å². The summed E-state index contributed by atoms with van der Waals surface area (Å²) < 4.78 is 0.724. The molecular formula is C15H21N5OS. The average Bonchev–Trinajstić information content (AvgIpc) is 3.19. The molecule has 2 aliphatic rings. The predicted molar refractivity (Wildman–Crippen MR) is 88.4 cm³/mol. The molecule has 0 radical (unpaired) electrons. The fraction of sp³-hybridized carbons (Fsp3) is 0.600. The molecule has 22 heavy (non-hydrogen) atoms. The number of hydrogen-bond donors (Lipinski definition) is 2. The lowest BCUT2D eigenvalue weighted by atomic mass is 10.2. The van der Waals surface area contributed by atoms with Gasteiger partial charge in [0, 0.05) is 38.8 Å². The standard InChI is InChI=1S/C15H21N5OS/c21-15-14-12(2-8-22-14)17-13(18-15)10-19-4-6-20(7-5-19)11-1-3-16-9-11/h2,8,11,16H,1,3-7,9-10H2,(H,17,18,21). The summed E-state index contributed by atoms with van der Waals surface area (Å²) in [6, 6.07) is 2.63. The lowest BCUT2D eigenvalue weighted by Gasteiger charge is -2.37. The molecule has 0 aromatic carbocycles. The monoisotopic (exact) mass is 319 g/mol. The van der Waals surface area contributed by atoms with Crippen molar-refractivity contribution in [3.63, 3.8) is 0 Å². The van der Waals surface area contributed by atoms with Crippen LogP contribution in [0.5, 0.6) is 0 Å². The highest BCUT2D eigenvalue weighted by Gasteiger charge is 2.26. The molecule has 1 unspecified atom stereocenters. The van der Waals surface area contributed by atoms with Crippen molar-refractivity contribution < 1.29 is 0 Å². The highest BCUT2D eigenvalue weighted by atomic mass is 32.1. The zero-order chi connectivity index (χ0) is 14.9. The Morgan fingerprint density at radius 3 is 2.95 bits per heavy atom. The number of aromatic amines is 1. The van der Waals surface area contributed by atoms with Crippen molar-refractivity contribution >= 4 is 21.6 Å². The highest BCUT2D eigenvalue weighted by Crippen LogP contribution is 2.16. The first-order valence-electron chi connectivity index (χ1n) is 7.93. The number of nitrogens with zero attached hydrogens (tertiary/aromatic N) is 3. The molecule has 2 saturated heterocycles. The van der Waals surface area contributed by atoms with Crippen LogP contribution in [-0.4, -0.2) is 65.1 Å². The van der Waals surface area contributed by atoms with E-state index in [1.54, 1.807) is 0 Å². The second-order valence-electron chi connectivity index (χ2n) is 6.11. The largest absolute Gasteiger partial charge is 0.315 e. The van der Waals surface area contributed by atoms with Crippen LogP contribution >= 0.6 is 11.3 Å². The van der Waals surface area contributed by atoms with Crippen LogP contribution in [0.3, 0.4) is 0 Å². The number of H-pyrrole nitrogens is 1. The fourth-order valence-electron chi connectivity index (χ4n) is 3.45. The third kappa shape index (κ3) is 2.81. The van der Waals surface area contributed by atoms with Crippen LogP contribution in [0.1, 0.15) is 12.2 Å². The maximum absolute atomic E-state index is 12.0. The fourth-order valence-corrected chi connectivity index (χ4v) is 4.17. The molecule has 0 aliphatic carbocycles. The number of hydrogen-bond acceptors (Lipinski definition) is 6. The van der Waals surface area contributed by atoms with Gasteiger partial charge in [0.15, 0.2) is 0 Å². The number of fused-ring (bicyclic) bond motifs is 1. The Bertz CT molecular complexity index is 697. The lowest BCUT2D eigenvalue weighted by Crippen LogP contribution is -2.50. The quantitative estimate of drug-likeness (QED) is 0.861. The van der Waals surface area contributed by atoms with Gasteiger partial charge in [0.1, 0.15) is 10.5 Å². The second kappa shape index (κ2) is 6.08. The van der Waals surface area contributed by atoms with Gasteiger partial charge < -0.3 is 10.3 Å². The van der Waals surface area contributed by atoms with Crippen molar-refractivity contribution in [2.24, 2.45) is 0 Å². The smallest absolute Gasteiger partial charge is 0.268 e. The van der Waals surface area contributed by atoms with Gasteiger partial charge in [0.05, 0.1) is 12.1 Å². The predicted octanol–water partition coefficient (Wildman–Crippen LogP) is 0.464. The van der Waals surface area contributed by atoms with E-state index in [1.807, 2.05) is 11.4 Å². The zero-order valence-electron chi connectivity index (χ0n) is 12.5. The molecule has 2 aromatic rings. The van der Waals surface area contributed by atoms with Gasteiger partial charge >= 0.3 is 0 Å². The summed E-state index contributed by atoms with van der Waals surface area (Å²) in [6.07, 6.45) is 1.27. The molecule has 0 amide bonds. The van der Waals surface area contributed by atoms with Crippen molar-refractivity contribution in [1.82, 2.24) is 25.1 Å². The van der Waals surface area contributed by atoms with Gasteiger partial charge in [-0.3, -0.25) is 14.6 Å². The molecule has 6 nitrogen and oxygen atoms in total. The number of thiophene rings is 1. The summed E-state index contributed by atoms with van der Waals surface area (Å²) in [4.78, 5) is 24.5. The first-order chi connectivity index (χ1) is 10.8. The van der Waals surface area contributed by atoms with Crippen LogP contribution in [0, 0.1) is 0 Å². The second-order valence-corrected chi connectivity index (χ2v) is 7.02.